The molecule has 0 atom stereocenters. The summed E-state index contributed by atoms with van der Waals surface area (Å²) in [6.45, 7) is 3.93. The summed E-state index contributed by atoms with van der Waals surface area (Å²) in [5.74, 6) is 0. The van der Waals surface area contributed by atoms with E-state index in [-0.39, 0.29) is 0 Å². The Hall–Kier alpha value is -1.22. The molecular weight excluding hydrogens is 308 g/mol. The summed E-state index contributed by atoms with van der Waals surface area (Å²) in [5.41, 5.74) is 0.874. The van der Waals surface area contributed by atoms with Gasteiger partial charge in [-0.1, -0.05) is 6.92 Å². The molecule has 0 saturated carbocycles. The Labute approximate surface area is 129 Å². The summed E-state index contributed by atoms with van der Waals surface area (Å²) < 4.78 is 29.0. The molecule has 0 fully saturated rings. The highest BCUT2D eigenvalue weighted by atomic mass is 32.2. The van der Waals surface area contributed by atoms with Gasteiger partial charge in [-0.25, -0.2) is 13.1 Å². The van der Waals surface area contributed by atoms with E-state index in [0.717, 1.165) is 17.1 Å². The number of hydrogen-bond acceptors (Lipinski definition) is 5. The Morgan fingerprint density at radius 2 is 2.14 bits per heavy atom. The van der Waals surface area contributed by atoms with Crippen LogP contribution in [0, 0.1) is 0 Å². The van der Waals surface area contributed by atoms with Crippen molar-refractivity contribution in [3.63, 3.8) is 0 Å². The number of hydrogen-bond donors (Lipinski definition) is 2. The van der Waals surface area contributed by atoms with Crippen molar-refractivity contribution in [1.29, 1.82) is 0 Å². The number of thiophene rings is 1. The molecule has 2 aromatic heterocycles. The molecule has 2 N–H and O–H groups in total. The number of nitrogens with one attached hydrogen (secondary N) is 2. The van der Waals surface area contributed by atoms with E-state index in [1.54, 1.807) is 10.7 Å². The monoisotopic (exact) mass is 328 g/mol. The minimum absolute atomic E-state index is 0.347. The maximum absolute atomic E-state index is 12.2. The Morgan fingerprint density at radius 3 is 2.81 bits per heavy atom. The highest BCUT2D eigenvalue weighted by Crippen LogP contribution is 2.21. The maximum Gasteiger partial charge on any atom is 0.250 e. The quantitative estimate of drug-likeness (QED) is 0.761. The van der Waals surface area contributed by atoms with Gasteiger partial charge in [0.15, 0.2) is 0 Å². The largest absolute Gasteiger partial charge is 0.312 e. The Bertz CT molecular complexity index is 676. The number of sulfonamides is 1. The van der Waals surface area contributed by atoms with Crippen LogP contribution in [0.15, 0.2) is 28.6 Å². The van der Waals surface area contributed by atoms with Gasteiger partial charge in [0.1, 0.15) is 4.21 Å². The van der Waals surface area contributed by atoms with Crippen LogP contribution in [0.4, 0.5) is 0 Å². The van der Waals surface area contributed by atoms with E-state index in [0.29, 0.717) is 23.7 Å². The average Bonchev–Trinajstić information content (AvgIpc) is 3.06. The summed E-state index contributed by atoms with van der Waals surface area (Å²) >= 11 is 1.30. The molecule has 2 heterocycles. The van der Waals surface area contributed by atoms with Crippen LogP contribution in [0.1, 0.15) is 17.5 Å². The van der Waals surface area contributed by atoms with Crippen molar-refractivity contribution < 1.29 is 8.42 Å². The summed E-state index contributed by atoms with van der Waals surface area (Å²) in [6, 6.07) is 5.38. The van der Waals surface area contributed by atoms with Crippen LogP contribution in [-0.4, -0.2) is 31.3 Å². The number of aromatic nitrogens is 2. The molecule has 0 aliphatic rings. The second-order valence-electron chi connectivity index (χ2n) is 4.63. The second-order valence-corrected chi connectivity index (χ2v) is 7.79. The third-order valence-electron chi connectivity index (χ3n) is 2.89. The Morgan fingerprint density at radius 1 is 1.33 bits per heavy atom. The summed E-state index contributed by atoms with van der Waals surface area (Å²) in [5, 5.41) is 7.40. The zero-order valence-electron chi connectivity index (χ0n) is 12.2. The topological polar surface area (TPSA) is 76.0 Å². The maximum atomic E-state index is 12.2. The fourth-order valence-corrected chi connectivity index (χ4v) is 4.23. The molecule has 6 nitrogen and oxygen atoms in total. The van der Waals surface area contributed by atoms with Crippen molar-refractivity contribution in [2.45, 2.75) is 24.1 Å². The van der Waals surface area contributed by atoms with Crippen molar-refractivity contribution in [2.24, 2.45) is 7.05 Å². The van der Waals surface area contributed by atoms with Crippen molar-refractivity contribution in [1.82, 2.24) is 19.8 Å². The minimum atomic E-state index is -3.42. The van der Waals surface area contributed by atoms with Gasteiger partial charge in [-0.3, -0.25) is 4.68 Å². The van der Waals surface area contributed by atoms with Crippen molar-refractivity contribution in [2.75, 3.05) is 13.1 Å². The Kier molecular flexibility index (Phi) is 5.51. The van der Waals surface area contributed by atoms with E-state index in [2.05, 4.69) is 15.1 Å². The summed E-state index contributed by atoms with van der Waals surface area (Å²) in [6.07, 6.45) is 2.42. The van der Waals surface area contributed by atoms with E-state index in [9.17, 15) is 8.42 Å². The molecule has 0 saturated heterocycles. The fraction of sp³-hybridized carbons (Fsp3) is 0.462. The van der Waals surface area contributed by atoms with Crippen LogP contribution < -0.4 is 10.0 Å². The van der Waals surface area contributed by atoms with Gasteiger partial charge in [0.05, 0.1) is 5.69 Å². The van der Waals surface area contributed by atoms with E-state index in [4.69, 9.17) is 0 Å². The predicted octanol–water partition coefficient (Wildman–Crippen LogP) is 1.11. The second kappa shape index (κ2) is 7.17. The van der Waals surface area contributed by atoms with Crippen molar-refractivity contribution in [3.8, 4) is 0 Å². The molecule has 0 aromatic carbocycles. The van der Waals surface area contributed by atoms with Gasteiger partial charge in [-0.2, -0.15) is 5.10 Å². The van der Waals surface area contributed by atoms with E-state index < -0.39 is 10.0 Å². The normalized spacial score (nSPS) is 11.9. The lowest BCUT2D eigenvalue weighted by Gasteiger charge is -2.03. The smallest absolute Gasteiger partial charge is 0.250 e. The molecule has 116 valence electrons. The summed E-state index contributed by atoms with van der Waals surface area (Å²) in [4.78, 5) is 1.02. The lowest BCUT2D eigenvalue weighted by atomic mass is 10.3. The van der Waals surface area contributed by atoms with Gasteiger partial charge in [0, 0.05) is 37.6 Å². The van der Waals surface area contributed by atoms with E-state index >= 15 is 0 Å². The first-order valence-corrected chi connectivity index (χ1v) is 9.09. The van der Waals surface area contributed by atoms with Gasteiger partial charge < -0.3 is 5.32 Å². The highest BCUT2D eigenvalue weighted by Gasteiger charge is 2.16. The number of rotatable bonds is 8. The first-order valence-electron chi connectivity index (χ1n) is 6.79. The molecule has 0 radical (unpaired) electrons. The average molecular weight is 328 g/mol. The molecule has 2 rings (SSSR count). The summed E-state index contributed by atoms with van der Waals surface area (Å²) in [7, 11) is -1.58. The third-order valence-corrected chi connectivity index (χ3v) is 5.93. The zero-order chi connectivity index (χ0) is 15.3. The molecule has 0 spiro atoms. The first kappa shape index (κ1) is 16.2. The van der Waals surface area contributed by atoms with Crippen LogP contribution in [-0.2, 0) is 30.0 Å². The number of nitrogens with zero attached hydrogens (tertiary/aromatic N) is 2. The van der Waals surface area contributed by atoms with Crippen LogP contribution >= 0.6 is 11.3 Å². The fourth-order valence-electron chi connectivity index (χ4n) is 1.83. The lowest BCUT2D eigenvalue weighted by Crippen LogP contribution is -2.25. The zero-order valence-corrected chi connectivity index (χ0v) is 13.8. The van der Waals surface area contributed by atoms with Crippen LogP contribution in [0.5, 0.6) is 0 Å². The minimum Gasteiger partial charge on any atom is -0.312 e. The molecule has 21 heavy (non-hydrogen) atoms. The van der Waals surface area contributed by atoms with Gasteiger partial charge in [-0.05, 0) is 24.7 Å². The Balaban J connectivity index is 1.90. The van der Waals surface area contributed by atoms with Crippen molar-refractivity contribution in [3.05, 3.63) is 35.0 Å². The molecule has 0 amide bonds. The third kappa shape index (κ3) is 4.63. The SMILES string of the molecule is CCNCc1ccc(S(=O)(=O)NCCc2ccn(C)n2)s1. The standard InChI is InChI=1S/C13H20N4O2S2/c1-3-14-10-12-4-5-13(20-12)21(18,19)15-8-6-11-7-9-17(2)16-11/h4-5,7,9,14-15H,3,6,8,10H2,1-2H3. The first-order chi connectivity index (χ1) is 10.0. The van der Waals surface area contributed by atoms with Gasteiger partial charge in [0.2, 0.25) is 10.0 Å². The molecule has 8 heteroatoms. The van der Waals surface area contributed by atoms with Crippen LogP contribution in [0.25, 0.3) is 0 Å². The van der Waals surface area contributed by atoms with Gasteiger partial charge >= 0.3 is 0 Å². The highest BCUT2D eigenvalue weighted by molar-refractivity contribution is 7.91. The molecule has 0 unspecified atom stereocenters. The molecule has 0 bridgehead atoms. The van der Waals surface area contributed by atoms with Crippen LogP contribution in [0.2, 0.25) is 0 Å². The van der Waals surface area contributed by atoms with E-state index in [1.807, 2.05) is 32.3 Å². The van der Waals surface area contributed by atoms with Crippen molar-refractivity contribution >= 4 is 21.4 Å². The van der Waals surface area contributed by atoms with Gasteiger partial charge in [0.25, 0.3) is 0 Å². The lowest BCUT2D eigenvalue weighted by molar-refractivity contribution is 0.583. The van der Waals surface area contributed by atoms with E-state index in [1.165, 1.54) is 11.3 Å². The van der Waals surface area contributed by atoms with Crippen LogP contribution in [0.3, 0.4) is 0 Å². The molecular formula is C13H20N4O2S2. The van der Waals surface area contributed by atoms with Gasteiger partial charge in [-0.15, -0.1) is 11.3 Å². The molecule has 0 aliphatic carbocycles. The molecule has 0 aliphatic heterocycles. The predicted molar refractivity (Wildman–Crippen MR) is 83.8 cm³/mol. The number of aryl methyl sites for hydroxylation is 1. The molecule has 2 aromatic rings.